The molecule has 146 valence electrons. The summed E-state index contributed by atoms with van der Waals surface area (Å²) in [4.78, 5) is 14.6. The SMILES string of the molecule is COc1ccc(OCCC(=O)N2CCNCC2c2ccccc2Cl)cc1.Cl. The molecule has 1 saturated heterocycles. The van der Waals surface area contributed by atoms with Crippen LogP contribution in [0.5, 0.6) is 11.5 Å². The van der Waals surface area contributed by atoms with E-state index in [1.54, 1.807) is 7.11 Å². The molecule has 1 aliphatic rings. The Morgan fingerprint density at radius 2 is 1.89 bits per heavy atom. The summed E-state index contributed by atoms with van der Waals surface area (Å²) < 4.78 is 10.8. The molecular weight excluding hydrogens is 387 g/mol. The molecule has 0 spiro atoms. The minimum Gasteiger partial charge on any atom is -0.497 e. The zero-order valence-corrected chi connectivity index (χ0v) is 16.8. The van der Waals surface area contributed by atoms with Crippen LogP contribution in [-0.2, 0) is 4.79 Å². The third-order valence-electron chi connectivity index (χ3n) is 4.47. The Labute approximate surface area is 171 Å². The Hall–Kier alpha value is -1.95. The van der Waals surface area contributed by atoms with E-state index < -0.39 is 0 Å². The van der Waals surface area contributed by atoms with Gasteiger partial charge in [0.1, 0.15) is 11.5 Å². The first kappa shape index (κ1) is 21.4. The maximum absolute atomic E-state index is 12.7. The van der Waals surface area contributed by atoms with Gasteiger partial charge in [0.25, 0.3) is 0 Å². The number of hydrogen-bond donors (Lipinski definition) is 1. The summed E-state index contributed by atoms with van der Waals surface area (Å²) in [6.45, 7) is 2.49. The number of methoxy groups -OCH3 is 1. The molecule has 0 radical (unpaired) electrons. The van der Waals surface area contributed by atoms with Gasteiger partial charge >= 0.3 is 0 Å². The van der Waals surface area contributed by atoms with Gasteiger partial charge < -0.3 is 19.7 Å². The summed E-state index contributed by atoms with van der Waals surface area (Å²) in [6.07, 6.45) is 0.326. The number of ether oxygens (including phenoxy) is 2. The van der Waals surface area contributed by atoms with E-state index in [0.29, 0.717) is 31.1 Å². The molecule has 1 atom stereocenters. The standard InChI is InChI=1S/C20H23ClN2O3.ClH/c1-25-15-6-8-16(9-7-15)26-13-10-20(24)23-12-11-22-14-19(23)17-4-2-3-5-18(17)21;/h2-9,19,22H,10-14H2,1H3;1H. The largest absolute Gasteiger partial charge is 0.497 e. The van der Waals surface area contributed by atoms with Crippen molar-refractivity contribution in [3.8, 4) is 11.5 Å². The average Bonchev–Trinajstić information content (AvgIpc) is 2.69. The van der Waals surface area contributed by atoms with Crippen LogP contribution < -0.4 is 14.8 Å². The summed E-state index contributed by atoms with van der Waals surface area (Å²) in [7, 11) is 1.62. The van der Waals surface area contributed by atoms with Gasteiger partial charge in [-0.1, -0.05) is 29.8 Å². The highest BCUT2D eigenvalue weighted by atomic mass is 35.5. The van der Waals surface area contributed by atoms with Gasteiger partial charge in [0, 0.05) is 24.7 Å². The van der Waals surface area contributed by atoms with Gasteiger partial charge in [-0.15, -0.1) is 12.4 Å². The van der Waals surface area contributed by atoms with Crippen molar-refractivity contribution in [1.82, 2.24) is 10.2 Å². The number of piperazine rings is 1. The molecule has 0 aliphatic carbocycles. The highest BCUT2D eigenvalue weighted by molar-refractivity contribution is 6.31. The minimum absolute atomic E-state index is 0. The fraction of sp³-hybridized carbons (Fsp3) is 0.350. The van der Waals surface area contributed by atoms with Gasteiger partial charge in [-0.3, -0.25) is 4.79 Å². The van der Waals surface area contributed by atoms with Crippen molar-refractivity contribution >= 4 is 29.9 Å². The second kappa shape index (κ2) is 10.4. The molecule has 3 rings (SSSR count). The number of carbonyl (C=O) groups excluding carboxylic acids is 1. The van der Waals surface area contributed by atoms with E-state index in [1.807, 2.05) is 53.4 Å². The summed E-state index contributed by atoms with van der Waals surface area (Å²) in [5, 5.41) is 4.03. The Bertz CT molecular complexity index is 740. The molecule has 1 heterocycles. The Morgan fingerprint density at radius 3 is 2.59 bits per heavy atom. The van der Waals surface area contributed by atoms with Crippen LogP contribution in [-0.4, -0.2) is 44.2 Å². The van der Waals surface area contributed by atoms with Crippen LogP contribution in [0.2, 0.25) is 5.02 Å². The van der Waals surface area contributed by atoms with Crippen LogP contribution in [0, 0.1) is 0 Å². The zero-order chi connectivity index (χ0) is 18.4. The van der Waals surface area contributed by atoms with Gasteiger partial charge in [-0.25, -0.2) is 0 Å². The first-order valence-corrected chi connectivity index (χ1v) is 9.08. The van der Waals surface area contributed by atoms with E-state index in [-0.39, 0.29) is 24.4 Å². The van der Waals surface area contributed by atoms with Crippen LogP contribution in [0.15, 0.2) is 48.5 Å². The van der Waals surface area contributed by atoms with Gasteiger partial charge in [-0.05, 0) is 35.9 Å². The van der Waals surface area contributed by atoms with Gasteiger partial charge in [0.2, 0.25) is 5.91 Å². The van der Waals surface area contributed by atoms with E-state index in [0.717, 1.165) is 23.6 Å². The second-order valence-corrected chi connectivity index (χ2v) is 6.51. The van der Waals surface area contributed by atoms with Crippen LogP contribution in [0.4, 0.5) is 0 Å². The first-order chi connectivity index (χ1) is 12.7. The van der Waals surface area contributed by atoms with Gasteiger partial charge in [0.05, 0.1) is 26.2 Å². The number of halogens is 2. The van der Waals surface area contributed by atoms with Crippen molar-refractivity contribution in [2.45, 2.75) is 12.5 Å². The lowest BCUT2D eigenvalue weighted by atomic mass is 10.0. The lowest BCUT2D eigenvalue weighted by molar-refractivity contribution is -0.135. The molecule has 1 aliphatic heterocycles. The van der Waals surface area contributed by atoms with Crippen molar-refractivity contribution in [2.24, 2.45) is 0 Å². The highest BCUT2D eigenvalue weighted by Gasteiger charge is 2.28. The Morgan fingerprint density at radius 1 is 1.19 bits per heavy atom. The van der Waals surface area contributed by atoms with Crippen LogP contribution in [0.25, 0.3) is 0 Å². The number of benzene rings is 2. The smallest absolute Gasteiger partial charge is 0.226 e. The van der Waals surface area contributed by atoms with Gasteiger partial charge in [-0.2, -0.15) is 0 Å². The minimum atomic E-state index is -0.0501. The maximum atomic E-state index is 12.7. The summed E-state index contributed by atoms with van der Waals surface area (Å²) in [5.74, 6) is 1.57. The number of carbonyl (C=O) groups is 1. The van der Waals surface area contributed by atoms with E-state index in [9.17, 15) is 4.79 Å². The number of rotatable bonds is 6. The lowest BCUT2D eigenvalue weighted by Crippen LogP contribution is -2.49. The molecule has 7 heteroatoms. The van der Waals surface area contributed by atoms with Crippen molar-refractivity contribution in [3.63, 3.8) is 0 Å². The molecule has 0 aromatic heterocycles. The fourth-order valence-corrected chi connectivity index (χ4v) is 3.36. The zero-order valence-electron chi connectivity index (χ0n) is 15.2. The van der Waals surface area contributed by atoms with Crippen LogP contribution in [0.3, 0.4) is 0 Å². The Kier molecular flexibility index (Phi) is 8.23. The summed E-state index contributed by atoms with van der Waals surface area (Å²) >= 11 is 6.34. The topological polar surface area (TPSA) is 50.8 Å². The number of nitrogens with one attached hydrogen (secondary N) is 1. The summed E-state index contributed by atoms with van der Waals surface area (Å²) in [5.41, 5.74) is 0.978. The van der Waals surface area contributed by atoms with Gasteiger partial charge in [0.15, 0.2) is 0 Å². The molecular formula is C20H24Cl2N2O3. The second-order valence-electron chi connectivity index (χ2n) is 6.10. The maximum Gasteiger partial charge on any atom is 0.226 e. The number of hydrogen-bond acceptors (Lipinski definition) is 4. The molecule has 0 bridgehead atoms. The normalized spacial score (nSPS) is 16.4. The highest BCUT2D eigenvalue weighted by Crippen LogP contribution is 2.29. The van der Waals surface area contributed by atoms with Crippen molar-refractivity contribution in [2.75, 3.05) is 33.4 Å². The molecule has 0 saturated carbocycles. The molecule has 1 N–H and O–H groups in total. The van der Waals surface area contributed by atoms with Crippen LogP contribution in [0.1, 0.15) is 18.0 Å². The van der Waals surface area contributed by atoms with E-state index in [1.165, 1.54) is 0 Å². The number of amides is 1. The monoisotopic (exact) mass is 410 g/mol. The van der Waals surface area contributed by atoms with Crippen molar-refractivity contribution in [3.05, 3.63) is 59.1 Å². The molecule has 2 aromatic carbocycles. The van der Waals surface area contributed by atoms with E-state index in [4.69, 9.17) is 21.1 Å². The number of nitrogens with zero attached hydrogens (tertiary/aromatic N) is 1. The predicted octanol–water partition coefficient (Wildman–Crippen LogP) is 3.71. The van der Waals surface area contributed by atoms with Crippen molar-refractivity contribution < 1.29 is 14.3 Å². The average molecular weight is 411 g/mol. The molecule has 1 amide bonds. The van der Waals surface area contributed by atoms with Crippen molar-refractivity contribution in [1.29, 1.82) is 0 Å². The molecule has 5 nitrogen and oxygen atoms in total. The lowest BCUT2D eigenvalue weighted by Gasteiger charge is -2.37. The summed E-state index contributed by atoms with van der Waals surface area (Å²) in [6, 6.07) is 15.0. The predicted molar refractivity (Wildman–Crippen MR) is 109 cm³/mol. The van der Waals surface area contributed by atoms with E-state index in [2.05, 4.69) is 5.32 Å². The molecule has 27 heavy (non-hydrogen) atoms. The fourth-order valence-electron chi connectivity index (χ4n) is 3.10. The van der Waals surface area contributed by atoms with E-state index >= 15 is 0 Å². The molecule has 2 aromatic rings. The third-order valence-corrected chi connectivity index (χ3v) is 4.82. The third kappa shape index (κ3) is 5.51. The molecule has 1 unspecified atom stereocenters. The van der Waals surface area contributed by atoms with Crippen LogP contribution >= 0.6 is 24.0 Å². The molecule has 1 fully saturated rings. The first-order valence-electron chi connectivity index (χ1n) is 8.70. The Balaban J connectivity index is 0.00000261. The quantitative estimate of drug-likeness (QED) is 0.788.